The van der Waals surface area contributed by atoms with Crippen LogP contribution in [-0.2, 0) is 4.84 Å². The predicted molar refractivity (Wildman–Crippen MR) is 70.8 cm³/mol. The number of halogens is 3. The van der Waals surface area contributed by atoms with Gasteiger partial charge in [-0.2, -0.15) is 13.2 Å². The second kappa shape index (κ2) is 4.81. The number of hydrogen-bond donors (Lipinski definition) is 1. The summed E-state index contributed by atoms with van der Waals surface area (Å²) in [4.78, 5) is 5.14. The Hall–Kier alpha value is -1.93. The first-order valence-corrected chi connectivity index (χ1v) is 6.72. The van der Waals surface area contributed by atoms with Gasteiger partial charge in [0.1, 0.15) is 0 Å². The molecule has 21 heavy (non-hydrogen) atoms. The van der Waals surface area contributed by atoms with Crippen molar-refractivity contribution in [2.75, 3.05) is 0 Å². The monoisotopic (exact) mass is 314 g/mol. The molecule has 0 saturated heterocycles. The Morgan fingerprint density at radius 1 is 1.14 bits per heavy atom. The molecule has 2 aromatic rings. The molecule has 8 heteroatoms. The van der Waals surface area contributed by atoms with Crippen molar-refractivity contribution in [2.45, 2.75) is 18.4 Å². The molecule has 1 unspecified atom stereocenters. The molecule has 0 bridgehead atoms. The Balaban J connectivity index is 1.80. The van der Waals surface area contributed by atoms with Gasteiger partial charge in [-0.05, 0) is 28.7 Å². The predicted octanol–water partition coefficient (Wildman–Crippen LogP) is 3.19. The molecule has 2 heterocycles. The summed E-state index contributed by atoms with van der Waals surface area (Å²) in [7, 11) is 0. The van der Waals surface area contributed by atoms with Crippen molar-refractivity contribution in [3.8, 4) is 10.4 Å². The second-order valence-electron chi connectivity index (χ2n) is 4.54. The normalized spacial score (nSPS) is 22.0. The highest BCUT2D eigenvalue weighted by molar-refractivity contribution is 7.09. The molecule has 0 radical (unpaired) electrons. The summed E-state index contributed by atoms with van der Waals surface area (Å²) in [5, 5.41) is 12.8. The summed E-state index contributed by atoms with van der Waals surface area (Å²) in [5.74, 6) is -3.24. The molecule has 0 amide bonds. The van der Waals surface area contributed by atoms with Crippen LogP contribution in [0.2, 0.25) is 0 Å². The highest BCUT2D eigenvalue weighted by Gasteiger charge is 2.60. The van der Waals surface area contributed by atoms with E-state index < -0.39 is 18.4 Å². The number of hydrogen-bond acceptors (Lipinski definition) is 5. The van der Waals surface area contributed by atoms with Gasteiger partial charge in [-0.3, -0.25) is 0 Å². The summed E-state index contributed by atoms with van der Waals surface area (Å²) in [6, 6.07) is 8.64. The van der Waals surface area contributed by atoms with Crippen LogP contribution in [0.5, 0.6) is 0 Å². The molecule has 1 atom stereocenters. The lowest BCUT2D eigenvalue weighted by atomic mass is 10.0. The summed E-state index contributed by atoms with van der Waals surface area (Å²) < 4.78 is 41.9. The van der Waals surface area contributed by atoms with E-state index in [1.54, 1.807) is 30.5 Å². The quantitative estimate of drug-likeness (QED) is 0.926. The fraction of sp³-hybridized carbons (Fsp3) is 0.231. The van der Waals surface area contributed by atoms with Crippen LogP contribution in [-0.4, -0.2) is 27.2 Å². The number of oxime groups is 1. The van der Waals surface area contributed by atoms with Crippen LogP contribution in [0.1, 0.15) is 12.0 Å². The molecule has 0 saturated carbocycles. The van der Waals surface area contributed by atoms with Crippen molar-refractivity contribution in [1.29, 1.82) is 0 Å². The van der Waals surface area contributed by atoms with Crippen LogP contribution in [0.25, 0.3) is 10.4 Å². The van der Waals surface area contributed by atoms with Crippen LogP contribution in [0, 0.1) is 0 Å². The maximum atomic E-state index is 12.6. The number of nitrogens with zero attached hydrogens (tertiary/aromatic N) is 2. The van der Waals surface area contributed by atoms with E-state index >= 15 is 0 Å². The second-order valence-corrected chi connectivity index (χ2v) is 5.38. The number of alkyl halides is 3. The van der Waals surface area contributed by atoms with Gasteiger partial charge in [-0.15, -0.1) is 0 Å². The van der Waals surface area contributed by atoms with Gasteiger partial charge >= 0.3 is 12.0 Å². The Labute approximate surface area is 121 Å². The molecule has 1 N–H and O–H groups in total. The van der Waals surface area contributed by atoms with Crippen LogP contribution < -0.4 is 0 Å². The number of rotatable bonds is 2. The average molecular weight is 314 g/mol. The van der Waals surface area contributed by atoms with E-state index in [0.717, 1.165) is 10.4 Å². The molecular formula is C13H9F3N2O2S. The Morgan fingerprint density at radius 3 is 2.33 bits per heavy atom. The fourth-order valence-electron chi connectivity index (χ4n) is 1.92. The van der Waals surface area contributed by atoms with Crippen molar-refractivity contribution in [2.24, 2.45) is 5.16 Å². The average Bonchev–Trinajstić information content (AvgIpc) is 3.08. The van der Waals surface area contributed by atoms with Crippen molar-refractivity contribution < 1.29 is 23.1 Å². The van der Waals surface area contributed by atoms with E-state index in [2.05, 4.69) is 14.4 Å². The van der Waals surface area contributed by atoms with E-state index in [1.165, 1.54) is 11.5 Å². The molecule has 3 rings (SSSR count). The Kier molecular flexibility index (Phi) is 3.22. The Bertz CT molecular complexity index is 668. The zero-order valence-electron chi connectivity index (χ0n) is 10.5. The lowest BCUT2D eigenvalue weighted by Crippen LogP contribution is -2.45. The molecule has 1 aliphatic rings. The van der Waals surface area contributed by atoms with Crippen molar-refractivity contribution in [3.05, 3.63) is 42.1 Å². The highest BCUT2D eigenvalue weighted by Crippen LogP contribution is 2.39. The molecule has 1 aliphatic heterocycles. The van der Waals surface area contributed by atoms with E-state index in [-0.39, 0.29) is 5.71 Å². The van der Waals surface area contributed by atoms with Gasteiger partial charge in [0.05, 0.1) is 17.0 Å². The maximum absolute atomic E-state index is 12.6. The zero-order valence-corrected chi connectivity index (χ0v) is 11.3. The number of benzene rings is 1. The van der Waals surface area contributed by atoms with E-state index in [0.29, 0.717) is 5.56 Å². The van der Waals surface area contributed by atoms with Crippen LogP contribution in [0.3, 0.4) is 0 Å². The molecule has 110 valence electrons. The first-order valence-electron chi connectivity index (χ1n) is 5.95. The summed E-state index contributed by atoms with van der Waals surface area (Å²) in [5.41, 5.74) is 1.45. The summed E-state index contributed by atoms with van der Waals surface area (Å²) in [6.45, 7) is 0. The largest absolute Gasteiger partial charge is 0.458 e. The van der Waals surface area contributed by atoms with Gasteiger partial charge < -0.3 is 9.94 Å². The third kappa shape index (κ3) is 2.52. The molecule has 0 fully saturated rings. The molecule has 0 spiro atoms. The topological polar surface area (TPSA) is 54.7 Å². The smallest absolute Gasteiger partial charge is 0.350 e. The number of aromatic nitrogens is 1. The lowest BCUT2D eigenvalue weighted by molar-refractivity contribution is -0.355. The van der Waals surface area contributed by atoms with Crippen molar-refractivity contribution >= 4 is 17.2 Å². The minimum Gasteiger partial charge on any atom is -0.350 e. The summed E-state index contributed by atoms with van der Waals surface area (Å²) in [6.07, 6.45) is -3.94. The van der Waals surface area contributed by atoms with Gasteiger partial charge in [0.15, 0.2) is 0 Å². The first-order chi connectivity index (χ1) is 9.89. The van der Waals surface area contributed by atoms with Crippen LogP contribution >= 0.6 is 11.5 Å². The minimum atomic E-state index is -4.89. The SMILES string of the molecule is OC1(C(F)(F)F)CC(c2ccc(-c3ccns3)cc2)=NO1. The van der Waals surface area contributed by atoms with E-state index in [4.69, 9.17) is 0 Å². The molecule has 4 nitrogen and oxygen atoms in total. The third-order valence-corrected chi connectivity index (χ3v) is 3.89. The summed E-state index contributed by atoms with van der Waals surface area (Å²) >= 11 is 1.32. The van der Waals surface area contributed by atoms with Crippen LogP contribution in [0.4, 0.5) is 13.2 Å². The third-order valence-electron chi connectivity index (χ3n) is 3.10. The van der Waals surface area contributed by atoms with Gasteiger partial charge in [0, 0.05) is 6.20 Å². The fourth-order valence-corrected chi connectivity index (χ4v) is 2.52. The molecule has 1 aromatic heterocycles. The minimum absolute atomic E-state index is 0.0608. The van der Waals surface area contributed by atoms with Crippen molar-refractivity contribution in [3.63, 3.8) is 0 Å². The van der Waals surface area contributed by atoms with Gasteiger partial charge in [-0.1, -0.05) is 29.4 Å². The van der Waals surface area contributed by atoms with Gasteiger partial charge in [0.25, 0.3) is 0 Å². The van der Waals surface area contributed by atoms with Crippen LogP contribution in [0.15, 0.2) is 41.7 Å². The first kappa shape index (κ1) is 14.0. The maximum Gasteiger partial charge on any atom is 0.458 e. The lowest BCUT2D eigenvalue weighted by Gasteiger charge is -2.22. The van der Waals surface area contributed by atoms with Crippen molar-refractivity contribution in [1.82, 2.24) is 4.37 Å². The zero-order chi connectivity index (χ0) is 15.1. The van der Waals surface area contributed by atoms with E-state index in [9.17, 15) is 18.3 Å². The standard InChI is InChI=1S/C13H9F3N2O2S/c14-13(15,16)12(19)7-10(18-20-12)8-1-3-9(4-2-8)11-5-6-17-21-11/h1-6,19H,7H2. The van der Waals surface area contributed by atoms with E-state index in [1.807, 2.05) is 6.07 Å². The Morgan fingerprint density at radius 2 is 1.81 bits per heavy atom. The molecule has 0 aliphatic carbocycles. The van der Waals surface area contributed by atoms with Gasteiger partial charge in [0.2, 0.25) is 0 Å². The highest BCUT2D eigenvalue weighted by atomic mass is 32.1. The molecular weight excluding hydrogens is 305 g/mol. The van der Waals surface area contributed by atoms with Gasteiger partial charge in [-0.25, -0.2) is 4.37 Å². The number of aliphatic hydroxyl groups is 1. The molecule has 1 aromatic carbocycles.